The molecule has 0 fully saturated rings. The average Bonchev–Trinajstić information content (AvgIpc) is 2.86. The Morgan fingerprint density at radius 2 is 2.00 bits per heavy atom. The third kappa shape index (κ3) is 2.76. The second-order valence-electron chi connectivity index (χ2n) is 4.15. The molecule has 0 saturated carbocycles. The van der Waals surface area contributed by atoms with Gasteiger partial charge in [-0.1, -0.05) is 5.21 Å². The molecule has 0 unspecified atom stereocenters. The van der Waals surface area contributed by atoms with E-state index in [1.165, 1.54) is 11.1 Å². The molecular weight excluding hydrogens is 275 g/mol. The summed E-state index contributed by atoms with van der Waals surface area (Å²) in [6.45, 7) is 0. The molecule has 1 amide bonds. The normalized spacial score (nSPS) is 11.4. The maximum Gasteiger partial charge on any atom is 0.417 e. The molecule has 0 radical (unpaired) electrons. The first kappa shape index (κ1) is 14.0. The highest BCUT2D eigenvalue weighted by Gasteiger charge is 2.30. The summed E-state index contributed by atoms with van der Waals surface area (Å²) < 4.78 is 38.3. The van der Waals surface area contributed by atoms with Crippen LogP contribution in [0.4, 0.5) is 13.2 Å². The molecule has 2 aromatic heterocycles. The summed E-state index contributed by atoms with van der Waals surface area (Å²) in [6.07, 6.45) is -2.44. The van der Waals surface area contributed by atoms with Gasteiger partial charge in [0.1, 0.15) is 0 Å². The molecule has 2 aromatic rings. The van der Waals surface area contributed by atoms with Crippen LogP contribution in [0, 0.1) is 0 Å². The van der Waals surface area contributed by atoms with Crippen molar-refractivity contribution in [2.24, 2.45) is 0 Å². The van der Waals surface area contributed by atoms with Crippen LogP contribution in [0.1, 0.15) is 16.1 Å². The molecule has 0 bridgehead atoms. The van der Waals surface area contributed by atoms with E-state index in [0.717, 1.165) is 16.8 Å². The number of amides is 1. The Balaban J connectivity index is 2.27. The van der Waals surface area contributed by atoms with Crippen LogP contribution < -0.4 is 0 Å². The maximum absolute atomic E-state index is 12.4. The molecular formula is C11H10F3N5O. The minimum Gasteiger partial charge on any atom is -0.343 e. The zero-order valence-electron chi connectivity index (χ0n) is 10.6. The molecule has 20 heavy (non-hydrogen) atoms. The SMILES string of the molecule is CN(C)C(=O)c1cn(-c2ccc(C(F)(F)F)cn2)nn1. The molecule has 106 valence electrons. The lowest BCUT2D eigenvalue weighted by atomic mass is 10.3. The van der Waals surface area contributed by atoms with Crippen molar-refractivity contribution in [1.29, 1.82) is 0 Å². The van der Waals surface area contributed by atoms with Gasteiger partial charge in [0.25, 0.3) is 5.91 Å². The van der Waals surface area contributed by atoms with Crippen molar-refractivity contribution in [3.05, 3.63) is 35.8 Å². The molecule has 0 aromatic carbocycles. The van der Waals surface area contributed by atoms with E-state index >= 15 is 0 Å². The van der Waals surface area contributed by atoms with E-state index in [0.29, 0.717) is 6.20 Å². The number of aromatic nitrogens is 4. The van der Waals surface area contributed by atoms with Gasteiger partial charge in [-0.3, -0.25) is 4.79 Å². The first-order chi connectivity index (χ1) is 9.29. The molecule has 0 aliphatic heterocycles. The van der Waals surface area contributed by atoms with E-state index in [9.17, 15) is 18.0 Å². The minimum absolute atomic E-state index is 0.0803. The van der Waals surface area contributed by atoms with Gasteiger partial charge in [-0.15, -0.1) is 5.10 Å². The molecule has 0 aliphatic rings. The summed E-state index contributed by atoms with van der Waals surface area (Å²) in [7, 11) is 3.11. The van der Waals surface area contributed by atoms with Crippen LogP contribution in [-0.2, 0) is 6.18 Å². The van der Waals surface area contributed by atoms with Gasteiger partial charge in [-0.25, -0.2) is 9.67 Å². The number of alkyl halides is 3. The van der Waals surface area contributed by atoms with Crippen LogP contribution in [0.15, 0.2) is 24.5 Å². The molecule has 2 heterocycles. The molecule has 0 spiro atoms. The largest absolute Gasteiger partial charge is 0.417 e. The van der Waals surface area contributed by atoms with Gasteiger partial charge in [0.15, 0.2) is 11.5 Å². The first-order valence-corrected chi connectivity index (χ1v) is 5.46. The number of carbonyl (C=O) groups excluding carboxylic acids is 1. The lowest BCUT2D eigenvalue weighted by Gasteiger charge is -2.06. The molecule has 0 atom stereocenters. The van der Waals surface area contributed by atoms with Gasteiger partial charge in [-0.2, -0.15) is 13.2 Å². The van der Waals surface area contributed by atoms with Gasteiger partial charge >= 0.3 is 6.18 Å². The number of hydrogen-bond acceptors (Lipinski definition) is 4. The van der Waals surface area contributed by atoms with Gasteiger partial charge in [0.2, 0.25) is 0 Å². The molecule has 0 aliphatic carbocycles. The quantitative estimate of drug-likeness (QED) is 0.836. The first-order valence-electron chi connectivity index (χ1n) is 5.46. The summed E-state index contributed by atoms with van der Waals surface area (Å²) in [5.74, 6) is -0.216. The number of halogens is 3. The van der Waals surface area contributed by atoms with Crippen molar-refractivity contribution >= 4 is 5.91 Å². The van der Waals surface area contributed by atoms with E-state index in [-0.39, 0.29) is 17.4 Å². The smallest absolute Gasteiger partial charge is 0.343 e. The summed E-state index contributed by atoms with van der Waals surface area (Å²) in [5, 5.41) is 7.30. The predicted octanol–water partition coefficient (Wildman–Crippen LogP) is 1.38. The third-order valence-corrected chi connectivity index (χ3v) is 2.43. The highest BCUT2D eigenvalue weighted by Crippen LogP contribution is 2.28. The molecule has 6 nitrogen and oxygen atoms in total. The van der Waals surface area contributed by atoms with Gasteiger partial charge in [0, 0.05) is 20.3 Å². The number of hydrogen-bond donors (Lipinski definition) is 0. The standard InChI is InChI=1S/C11H10F3N5O/c1-18(2)10(20)8-6-19(17-16-8)9-4-3-7(5-15-9)11(12,13)14/h3-6H,1-2H3. The van der Waals surface area contributed by atoms with Crippen LogP contribution in [0.2, 0.25) is 0 Å². The van der Waals surface area contributed by atoms with Crippen LogP contribution in [0.3, 0.4) is 0 Å². The number of carbonyl (C=O) groups is 1. The van der Waals surface area contributed by atoms with Crippen molar-refractivity contribution in [1.82, 2.24) is 24.9 Å². The van der Waals surface area contributed by atoms with Crippen LogP contribution >= 0.6 is 0 Å². The van der Waals surface area contributed by atoms with Crippen molar-refractivity contribution in [2.75, 3.05) is 14.1 Å². The topological polar surface area (TPSA) is 63.9 Å². The monoisotopic (exact) mass is 285 g/mol. The highest BCUT2D eigenvalue weighted by molar-refractivity contribution is 5.91. The molecule has 0 saturated heterocycles. The molecule has 2 rings (SSSR count). The fraction of sp³-hybridized carbons (Fsp3) is 0.273. The summed E-state index contributed by atoms with van der Waals surface area (Å²) in [4.78, 5) is 16.6. The van der Waals surface area contributed by atoms with Crippen molar-refractivity contribution in [3.8, 4) is 5.82 Å². The van der Waals surface area contributed by atoms with E-state index in [1.54, 1.807) is 14.1 Å². The Hall–Kier alpha value is -2.45. The Kier molecular flexibility index (Phi) is 3.43. The Morgan fingerprint density at radius 3 is 2.50 bits per heavy atom. The average molecular weight is 285 g/mol. The lowest BCUT2D eigenvalue weighted by molar-refractivity contribution is -0.137. The van der Waals surface area contributed by atoms with Crippen LogP contribution in [0.5, 0.6) is 0 Å². The minimum atomic E-state index is -4.44. The van der Waals surface area contributed by atoms with E-state index in [2.05, 4.69) is 15.3 Å². The fourth-order valence-corrected chi connectivity index (χ4v) is 1.39. The second-order valence-corrected chi connectivity index (χ2v) is 4.15. The Bertz CT molecular complexity index is 618. The lowest BCUT2D eigenvalue weighted by Crippen LogP contribution is -2.21. The zero-order valence-corrected chi connectivity index (χ0v) is 10.6. The molecule has 0 N–H and O–H groups in total. The second kappa shape index (κ2) is 4.91. The number of nitrogens with zero attached hydrogens (tertiary/aromatic N) is 5. The Labute approximate surface area is 111 Å². The Morgan fingerprint density at radius 1 is 1.30 bits per heavy atom. The van der Waals surface area contributed by atoms with Gasteiger partial charge in [0.05, 0.1) is 11.8 Å². The summed E-state index contributed by atoms with van der Waals surface area (Å²) in [6, 6.07) is 2.04. The molecule has 9 heteroatoms. The predicted molar refractivity (Wildman–Crippen MR) is 62.2 cm³/mol. The van der Waals surface area contributed by atoms with Crippen molar-refractivity contribution in [3.63, 3.8) is 0 Å². The number of rotatable bonds is 2. The zero-order chi connectivity index (χ0) is 14.9. The fourth-order valence-electron chi connectivity index (χ4n) is 1.39. The van der Waals surface area contributed by atoms with Crippen LogP contribution in [0.25, 0.3) is 5.82 Å². The van der Waals surface area contributed by atoms with Crippen LogP contribution in [-0.4, -0.2) is 44.9 Å². The van der Waals surface area contributed by atoms with E-state index in [4.69, 9.17) is 0 Å². The van der Waals surface area contributed by atoms with Crippen molar-refractivity contribution < 1.29 is 18.0 Å². The maximum atomic E-state index is 12.4. The van der Waals surface area contributed by atoms with Gasteiger partial charge < -0.3 is 4.90 Å². The highest BCUT2D eigenvalue weighted by atomic mass is 19.4. The van der Waals surface area contributed by atoms with Crippen molar-refractivity contribution in [2.45, 2.75) is 6.18 Å². The van der Waals surface area contributed by atoms with E-state index in [1.807, 2.05) is 0 Å². The number of pyridine rings is 1. The van der Waals surface area contributed by atoms with Gasteiger partial charge in [-0.05, 0) is 12.1 Å². The van der Waals surface area contributed by atoms with E-state index < -0.39 is 11.7 Å². The summed E-state index contributed by atoms with van der Waals surface area (Å²) >= 11 is 0. The third-order valence-electron chi connectivity index (χ3n) is 2.43. The summed E-state index contributed by atoms with van der Waals surface area (Å²) in [5.41, 5.74) is -0.775.